The molecule has 1 aliphatic heterocycles. The van der Waals surface area contributed by atoms with Gasteiger partial charge in [-0.3, -0.25) is 19.2 Å². The Balaban J connectivity index is 1.87. The molecule has 0 bridgehead atoms. The summed E-state index contributed by atoms with van der Waals surface area (Å²) in [5.74, 6) is -0.887. The Morgan fingerprint density at radius 1 is 1.21 bits per heavy atom. The Bertz CT molecular complexity index is 885. The Morgan fingerprint density at radius 2 is 1.94 bits per heavy atom. The Hall–Kier alpha value is -3.10. The van der Waals surface area contributed by atoms with Crippen LogP contribution in [-0.2, 0) is 14.4 Å². The first-order chi connectivity index (χ1) is 15.8. The second kappa shape index (κ2) is 11.2. The number of nitrogens with one attached hydrogen (secondary N) is 3. The number of hydrogen-bond acceptors (Lipinski definition) is 5. The van der Waals surface area contributed by atoms with Crippen molar-refractivity contribution in [2.24, 2.45) is 11.8 Å². The van der Waals surface area contributed by atoms with Crippen LogP contribution >= 0.6 is 0 Å². The van der Waals surface area contributed by atoms with E-state index in [1.807, 2.05) is 13.8 Å². The molecule has 1 aliphatic carbocycles. The number of likely N-dealkylation sites (N-methyl/N-ethyl adjacent to an activating group) is 1. The topological polar surface area (TPSA) is 117 Å². The third kappa shape index (κ3) is 6.69. The van der Waals surface area contributed by atoms with E-state index in [1.54, 1.807) is 31.3 Å². The van der Waals surface area contributed by atoms with Gasteiger partial charge in [-0.1, -0.05) is 32.4 Å². The van der Waals surface area contributed by atoms with Crippen LogP contribution < -0.4 is 20.7 Å². The Morgan fingerprint density at radius 3 is 2.64 bits per heavy atom. The Kier molecular flexibility index (Phi) is 8.30. The monoisotopic (exact) mass is 458 g/mol. The number of hydrogen-bond donors (Lipinski definition) is 3. The first-order valence-corrected chi connectivity index (χ1v) is 11.6. The van der Waals surface area contributed by atoms with E-state index in [-0.39, 0.29) is 30.4 Å². The highest BCUT2D eigenvalue weighted by Gasteiger charge is 2.32. The molecule has 2 aliphatic rings. The number of carbonyl (C=O) groups excluding carboxylic acids is 4. The number of rotatable bonds is 5. The van der Waals surface area contributed by atoms with Gasteiger partial charge in [0.1, 0.15) is 24.4 Å². The summed E-state index contributed by atoms with van der Waals surface area (Å²) in [6.45, 7) is 4.84. The molecule has 0 radical (unpaired) electrons. The van der Waals surface area contributed by atoms with E-state index in [0.717, 1.165) is 12.8 Å². The van der Waals surface area contributed by atoms with Gasteiger partial charge in [0.05, 0.1) is 18.5 Å². The van der Waals surface area contributed by atoms with Crippen LogP contribution in [0.2, 0.25) is 0 Å². The molecule has 0 saturated heterocycles. The zero-order valence-corrected chi connectivity index (χ0v) is 19.6. The van der Waals surface area contributed by atoms with Gasteiger partial charge in [0.25, 0.3) is 5.91 Å². The van der Waals surface area contributed by atoms with E-state index in [0.29, 0.717) is 31.2 Å². The average Bonchev–Trinajstić information content (AvgIpc) is 3.63. The van der Waals surface area contributed by atoms with E-state index in [9.17, 15) is 19.2 Å². The summed E-state index contributed by atoms with van der Waals surface area (Å²) < 4.78 is 5.81. The van der Waals surface area contributed by atoms with Gasteiger partial charge in [-0.15, -0.1) is 0 Å². The summed E-state index contributed by atoms with van der Waals surface area (Å²) in [5.41, 5.74) is 0.265. The number of ether oxygens (including phenoxy) is 1. The standard InChI is InChI=1S/C24H34N4O5/c1-4-15(2)21-24(32)28(3)11-12-33-19-8-6-5-7-17(19)22(30)26-18(13-20(29)27-21)23(31)25-14-16-9-10-16/h5-8,15-16,18,21H,4,9-14H2,1-3H3,(H,25,31)(H,26,30)(H,27,29)/t15-,18-,21-/m0/s1. The molecule has 3 atom stereocenters. The van der Waals surface area contributed by atoms with Crippen LogP contribution in [0.5, 0.6) is 5.75 Å². The summed E-state index contributed by atoms with van der Waals surface area (Å²) >= 11 is 0. The van der Waals surface area contributed by atoms with E-state index in [1.165, 1.54) is 4.90 Å². The van der Waals surface area contributed by atoms with Gasteiger partial charge in [-0.2, -0.15) is 0 Å². The van der Waals surface area contributed by atoms with Gasteiger partial charge in [0.2, 0.25) is 17.7 Å². The van der Waals surface area contributed by atoms with Crippen LogP contribution in [0.4, 0.5) is 0 Å². The Labute approximate surface area is 194 Å². The zero-order chi connectivity index (χ0) is 24.0. The quantitative estimate of drug-likeness (QED) is 0.611. The van der Waals surface area contributed by atoms with E-state index >= 15 is 0 Å². The normalized spacial score (nSPS) is 23.4. The first-order valence-electron chi connectivity index (χ1n) is 11.6. The van der Waals surface area contributed by atoms with Crippen molar-refractivity contribution in [3.05, 3.63) is 29.8 Å². The number of para-hydroxylation sites is 1. The minimum Gasteiger partial charge on any atom is -0.491 e. The molecule has 9 nitrogen and oxygen atoms in total. The number of fused-ring (bicyclic) bond motifs is 1. The molecular weight excluding hydrogens is 424 g/mol. The lowest BCUT2D eigenvalue weighted by Crippen LogP contribution is -2.54. The van der Waals surface area contributed by atoms with Crippen molar-refractivity contribution in [2.45, 2.75) is 51.6 Å². The maximum Gasteiger partial charge on any atom is 0.255 e. The van der Waals surface area contributed by atoms with Gasteiger partial charge >= 0.3 is 0 Å². The summed E-state index contributed by atoms with van der Waals surface area (Å²) in [7, 11) is 1.66. The average molecular weight is 459 g/mol. The highest BCUT2D eigenvalue weighted by molar-refractivity contribution is 6.01. The predicted octanol–water partition coefficient (Wildman–Crippen LogP) is 1.08. The number of carbonyl (C=O) groups is 4. The maximum absolute atomic E-state index is 13.1. The van der Waals surface area contributed by atoms with Crippen LogP contribution in [0, 0.1) is 11.8 Å². The predicted molar refractivity (Wildman–Crippen MR) is 123 cm³/mol. The molecule has 0 aromatic heterocycles. The molecule has 4 amide bonds. The van der Waals surface area contributed by atoms with Crippen molar-refractivity contribution in [3.8, 4) is 5.75 Å². The maximum atomic E-state index is 13.1. The molecular formula is C24H34N4O5. The minimum absolute atomic E-state index is 0.102. The highest BCUT2D eigenvalue weighted by Crippen LogP contribution is 2.27. The summed E-state index contributed by atoms with van der Waals surface area (Å²) in [4.78, 5) is 53.4. The third-order valence-electron chi connectivity index (χ3n) is 6.26. The van der Waals surface area contributed by atoms with Crippen LogP contribution in [-0.4, -0.2) is 67.4 Å². The number of amides is 4. The fraction of sp³-hybridized carbons (Fsp3) is 0.583. The van der Waals surface area contributed by atoms with Gasteiger partial charge < -0.3 is 25.6 Å². The largest absolute Gasteiger partial charge is 0.491 e. The molecule has 0 spiro atoms. The van der Waals surface area contributed by atoms with Gasteiger partial charge in [-0.25, -0.2) is 0 Å². The van der Waals surface area contributed by atoms with Crippen molar-refractivity contribution in [2.75, 3.05) is 26.7 Å². The molecule has 1 heterocycles. The number of nitrogens with zero attached hydrogens (tertiary/aromatic N) is 1. The van der Waals surface area contributed by atoms with Crippen LogP contribution in [0.3, 0.4) is 0 Å². The molecule has 9 heteroatoms. The molecule has 180 valence electrons. The van der Waals surface area contributed by atoms with Gasteiger partial charge in [-0.05, 0) is 36.8 Å². The lowest BCUT2D eigenvalue weighted by atomic mass is 9.97. The second-order valence-electron chi connectivity index (χ2n) is 8.95. The summed E-state index contributed by atoms with van der Waals surface area (Å²) in [6, 6.07) is 4.91. The van der Waals surface area contributed by atoms with E-state index < -0.39 is 29.8 Å². The highest BCUT2D eigenvalue weighted by atomic mass is 16.5. The van der Waals surface area contributed by atoms with Crippen molar-refractivity contribution >= 4 is 23.6 Å². The lowest BCUT2D eigenvalue weighted by Gasteiger charge is -2.29. The second-order valence-corrected chi connectivity index (χ2v) is 8.95. The van der Waals surface area contributed by atoms with E-state index in [2.05, 4.69) is 16.0 Å². The van der Waals surface area contributed by atoms with Crippen LogP contribution in [0.15, 0.2) is 24.3 Å². The van der Waals surface area contributed by atoms with Crippen LogP contribution in [0.1, 0.15) is 49.9 Å². The number of benzene rings is 1. The third-order valence-corrected chi connectivity index (χ3v) is 6.26. The molecule has 1 aromatic carbocycles. The summed E-state index contributed by atoms with van der Waals surface area (Å²) in [5, 5.41) is 8.32. The molecule has 0 unspecified atom stereocenters. The van der Waals surface area contributed by atoms with Gasteiger partial charge in [0.15, 0.2) is 0 Å². The molecule has 1 fully saturated rings. The molecule has 3 N–H and O–H groups in total. The fourth-order valence-electron chi connectivity index (χ4n) is 3.66. The first kappa shape index (κ1) is 24.5. The molecule has 1 saturated carbocycles. The lowest BCUT2D eigenvalue weighted by molar-refractivity contribution is -0.137. The smallest absolute Gasteiger partial charge is 0.255 e. The summed E-state index contributed by atoms with van der Waals surface area (Å²) in [6.07, 6.45) is 2.55. The van der Waals surface area contributed by atoms with Gasteiger partial charge in [0, 0.05) is 13.6 Å². The SMILES string of the molecule is CC[C@H](C)[C@@H]1NC(=O)C[C@@H](C(=O)NCC2CC2)NC(=O)c2ccccc2OCCN(C)C1=O. The minimum atomic E-state index is -1.07. The molecule has 3 rings (SSSR count). The van der Waals surface area contributed by atoms with Crippen molar-refractivity contribution in [3.63, 3.8) is 0 Å². The van der Waals surface area contributed by atoms with E-state index in [4.69, 9.17) is 4.74 Å². The van der Waals surface area contributed by atoms with Crippen molar-refractivity contribution in [1.29, 1.82) is 0 Å². The van der Waals surface area contributed by atoms with Crippen LogP contribution in [0.25, 0.3) is 0 Å². The van der Waals surface area contributed by atoms with Crippen molar-refractivity contribution in [1.82, 2.24) is 20.9 Å². The van der Waals surface area contributed by atoms with Crippen molar-refractivity contribution < 1.29 is 23.9 Å². The molecule has 33 heavy (non-hydrogen) atoms. The molecule has 1 aromatic rings. The zero-order valence-electron chi connectivity index (χ0n) is 19.6. The fourth-order valence-corrected chi connectivity index (χ4v) is 3.66.